The zero-order valence-electron chi connectivity index (χ0n) is 9.87. The van der Waals surface area contributed by atoms with Gasteiger partial charge in [-0.2, -0.15) is 4.98 Å². The number of ether oxygens (including phenoxy) is 1. The molecule has 0 atom stereocenters. The molecule has 0 saturated carbocycles. The highest BCUT2D eigenvalue weighted by molar-refractivity contribution is 6.30. The average Bonchev–Trinajstić information content (AvgIpc) is 2.32. The van der Waals surface area contributed by atoms with Gasteiger partial charge in [-0.3, -0.25) is 0 Å². The largest absolute Gasteiger partial charge is 0.436 e. The highest BCUT2D eigenvalue weighted by atomic mass is 35.5. The summed E-state index contributed by atoms with van der Waals surface area (Å²) >= 11 is 5.66. The molecule has 6 heteroatoms. The van der Waals surface area contributed by atoms with Gasteiger partial charge >= 0.3 is 0 Å². The van der Waals surface area contributed by atoms with Gasteiger partial charge in [-0.05, 0) is 25.1 Å². The molecule has 1 N–H and O–H groups in total. The predicted molar refractivity (Wildman–Crippen MR) is 67.8 cm³/mol. The van der Waals surface area contributed by atoms with Crippen molar-refractivity contribution in [3.05, 3.63) is 40.9 Å². The summed E-state index contributed by atoms with van der Waals surface area (Å²) in [5.41, 5.74) is 0. The number of nitrogens with zero attached hydrogens (tertiary/aromatic N) is 2. The maximum atomic E-state index is 13.6. The van der Waals surface area contributed by atoms with E-state index in [0.717, 1.165) is 0 Å². The van der Waals surface area contributed by atoms with Crippen molar-refractivity contribution in [3.8, 4) is 11.6 Å². The van der Waals surface area contributed by atoms with Crippen molar-refractivity contribution in [2.45, 2.75) is 6.92 Å². The topological polar surface area (TPSA) is 47.0 Å². The molecule has 1 aromatic carbocycles. The molecule has 0 saturated heterocycles. The van der Waals surface area contributed by atoms with E-state index in [2.05, 4.69) is 15.3 Å². The van der Waals surface area contributed by atoms with Crippen molar-refractivity contribution in [2.75, 3.05) is 12.4 Å². The SMILES string of the molecule is CNc1cc(Oc2ccc(Cl)cc2F)nc(C)n1. The molecule has 0 unspecified atom stereocenters. The molecular weight excluding hydrogens is 257 g/mol. The van der Waals surface area contributed by atoms with Gasteiger partial charge in [-0.1, -0.05) is 11.6 Å². The predicted octanol–water partition coefficient (Wildman–Crippen LogP) is 3.41. The van der Waals surface area contributed by atoms with Gasteiger partial charge in [-0.15, -0.1) is 0 Å². The molecule has 2 rings (SSSR count). The number of aryl methyl sites for hydroxylation is 1. The molecule has 0 radical (unpaired) electrons. The molecule has 0 bridgehead atoms. The Morgan fingerprint density at radius 1 is 1.28 bits per heavy atom. The first kappa shape index (κ1) is 12.6. The van der Waals surface area contributed by atoms with Crippen LogP contribution in [0.25, 0.3) is 0 Å². The van der Waals surface area contributed by atoms with Crippen LogP contribution >= 0.6 is 11.6 Å². The second-order valence-electron chi connectivity index (χ2n) is 3.57. The lowest BCUT2D eigenvalue weighted by atomic mass is 10.3. The molecule has 2 aromatic rings. The van der Waals surface area contributed by atoms with Crippen molar-refractivity contribution < 1.29 is 9.13 Å². The summed E-state index contributed by atoms with van der Waals surface area (Å²) in [5, 5.41) is 3.19. The number of nitrogens with one attached hydrogen (secondary N) is 1. The third kappa shape index (κ3) is 2.87. The van der Waals surface area contributed by atoms with Gasteiger partial charge in [0.15, 0.2) is 11.6 Å². The number of rotatable bonds is 3. The minimum atomic E-state index is -0.537. The minimum absolute atomic E-state index is 0.0690. The molecule has 1 aromatic heterocycles. The van der Waals surface area contributed by atoms with Crippen molar-refractivity contribution in [1.82, 2.24) is 9.97 Å². The number of halogens is 2. The van der Waals surface area contributed by atoms with Crippen molar-refractivity contribution in [3.63, 3.8) is 0 Å². The van der Waals surface area contributed by atoms with Gasteiger partial charge in [-0.25, -0.2) is 9.37 Å². The zero-order valence-corrected chi connectivity index (χ0v) is 10.6. The summed E-state index contributed by atoms with van der Waals surface area (Å²) in [6.07, 6.45) is 0. The van der Waals surface area contributed by atoms with Crippen molar-refractivity contribution in [2.24, 2.45) is 0 Å². The highest BCUT2D eigenvalue weighted by Crippen LogP contribution is 2.26. The fraction of sp³-hybridized carbons (Fsp3) is 0.167. The number of hydrogen-bond donors (Lipinski definition) is 1. The van der Waals surface area contributed by atoms with E-state index in [1.54, 1.807) is 26.1 Å². The summed E-state index contributed by atoms with van der Waals surface area (Å²) in [7, 11) is 1.73. The van der Waals surface area contributed by atoms with Crippen LogP contribution in [0.4, 0.5) is 10.2 Å². The molecule has 0 aliphatic heterocycles. The number of aromatic nitrogens is 2. The van der Waals surface area contributed by atoms with Crippen LogP contribution in [-0.2, 0) is 0 Å². The van der Waals surface area contributed by atoms with E-state index in [1.807, 2.05) is 0 Å². The lowest BCUT2D eigenvalue weighted by Gasteiger charge is -2.08. The van der Waals surface area contributed by atoms with Crippen LogP contribution in [0.1, 0.15) is 5.82 Å². The second kappa shape index (κ2) is 5.18. The Morgan fingerprint density at radius 2 is 2.06 bits per heavy atom. The monoisotopic (exact) mass is 267 g/mol. The quantitative estimate of drug-likeness (QED) is 0.926. The van der Waals surface area contributed by atoms with Crippen molar-refractivity contribution in [1.29, 1.82) is 0 Å². The van der Waals surface area contributed by atoms with Gasteiger partial charge in [0, 0.05) is 18.1 Å². The summed E-state index contributed by atoms with van der Waals surface area (Å²) in [6, 6.07) is 5.77. The third-order valence-electron chi connectivity index (χ3n) is 2.18. The second-order valence-corrected chi connectivity index (χ2v) is 4.00. The molecule has 0 amide bonds. The molecule has 18 heavy (non-hydrogen) atoms. The summed E-state index contributed by atoms with van der Waals surface area (Å²) in [5.74, 6) is 0.940. The number of hydrogen-bond acceptors (Lipinski definition) is 4. The van der Waals surface area contributed by atoms with Crippen LogP contribution in [0.2, 0.25) is 5.02 Å². The first-order valence-electron chi connectivity index (χ1n) is 5.25. The van der Waals surface area contributed by atoms with Crippen LogP contribution < -0.4 is 10.1 Å². The Bertz CT molecular complexity index is 577. The van der Waals surface area contributed by atoms with Gasteiger partial charge in [0.2, 0.25) is 5.88 Å². The summed E-state index contributed by atoms with van der Waals surface area (Å²) in [4.78, 5) is 8.18. The Balaban J connectivity index is 2.30. The van der Waals surface area contributed by atoms with Crippen molar-refractivity contribution >= 4 is 17.4 Å². The number of benzene rings is 1. The van der Waals surface area contributed by atoms with Gasteiger partial charge in [0.1, 0.15) is 11.6 Å². The molecule has 0 fully saturated rings. The third-order valence-corrected chi connectivity index (χ3v) is 2.41. The van der Waals surface area contributed by atoms with Gasteiger partial charge in [0.25, 0.3) is 0 Å². The molecule has 0 aliphatic rings. The Morgan fingerprint density at radius 3 is 2.72 bits per heavy atom. The maximum absolute atomic E-state index is 13.6. The van der Waals surface area contributed by atoms with E-state index in [0.29, 0.717) is 16.7 Å². The van der Waals surface area contributed by atoms with Crippen LogP contribution in [0.15, 0.2) is 24.3 Å². The fourth-order valence-electron chi connectivity index (χ4n) is 1.39. The van der Waals surface area contributed by atoms with E-state index < -0.39 is 5.82 Å². The van der Waals surface area contributed by atoms with E-state index in [4.69, 9.17) is 16.3 Å². The Kier molecular flexibility index (Phi) is 3.62. The van der Waals surface area contributed by atoms with Crippen LogP contribution in [0.3, 0.4) is 0 Å². The molecular formula is C12H11ClFN3O. The lowest BCUT2D eigenvalue weighted by Crippen LogP contribution is -1.99. The smallest absolute Gasteiger partial charge is 0.224 e. The molecule has 0 aliphatic carbocycles. The zero-order chi connectivity index (χ0) is 13.1. The Hall–Kier alpha value is -1.88. The summed E-state index contributed by atoms with van der Waals surface area (Å²) in [6.45, 7) is 1.73. The van der Waals surface area contributed by atoms with Crippen LogP contribution in [0.5, 0.6) is 11.6 Å². The highest BCUT2D eigenvalue weighted by Gasteiger charge is 2.08. The molecule has 4 nitrogen and oxygen atoms in total. The lowest BCUT2D eigenvalue weighted by molar-refractivity contribution is 0.425. The van der Waals surface area contributed by atoms with E-state index in [1.165, 1.54) is 12.1 Å². The molecule has 94 valence electrons. The van der Waals surface area contributed by atoms with E-state index in [9.17, 15) is 4.39 Å². The minimum Gasteiger partial charge on any atom is -0.436 e. The first-order chi connectivity index (χ1) is 8.58. The fourth-order valence-corrected chi connectivity index (χ4v) is 1.55. The average molecular weight is 268 g/mol. The normalized spacial score (nSPS) is 10.2. The van der Waals surface area contributed by atoms with E-state index >= 15 is 0 Å². The standard InChI is InChI=1S/C12H11ClFN3O/c1-7-16-11(15-2)6-12(17-7)18-10-4-3-8(13)5-9(10)14/h3-6H,1-2H3,(H,15,16,17). The van der Waals surface area contributed by atoms with Crippen LogP contribution in [0, 0.1) is 12.7 Å². The summed E-state index contributed by atoms with van der Waals surface area (Å²) < 4.78 is 18.9. The molecule has 0 spiro atoms. The van der Waals surface area contributed by atoms with Gasteiger partial charge in [0.05, 0.1) is 0 Å². The maximum Gasteiger partial charge on any atom is 0.224 e. The molecule has 1 heterocycles. The van der Waals surface area contributed by atoms with Crippen LogP contribution in [-0.4, -0.2) is 17.0 Å². The Labute approximate surface area is 109 Å². The first-order valence-corrected chi connectivity index (χ1v) is 5.62. The van der Waals surface area contributed by atoms with E-state index in [-0.39, 0.29) is 11.6 Å². The number of anilines is 1. The van der Waals surface area contributed by atoms with Gasteiger partial charge < -0.3 is 10.1 Å².